The lowest BCUT2D eigenvalue weighted by Gasteiger charge is -1.90. The Morgan fingerprint density at radius 2 is 2.45 bits per heavy atom. The van der Waals surface area contributed by atoms with Gasteiger partial charge in [0.1, 0.15) is 0 Å². The highest BCUT2D eigenvalue weighted by molar-refractivity contribution is 7.13. The normalized spacial score (nSPS) is 9.82. The summed E-state index contributed by atoms with van der Waals surface area (Å²) >= 11 is 1.58. The van der Waals surface area contributed by atoms with Gasteiger partial charge in [0.25, 0.3) is 0 Å². The summed E-state index contributed by atoms with van der Waals surface area (Å²) in [6, 6.07) is 5.65. The summed E-state index contributed by atoms with van der Waals surface area (Å²) in [5, 5.41) is 0. The zero-order valence-electron chi connectivity index (χ0n) is 5.69. The van der Waals surface area contributed by atoms with E-state index >= 15 is 0 Å². The molecule has 0 unspecified atom stereocenters. The van der Waals surface area contributed by atoms with Crippen LogP contribution < -0.4 is 0 Å². The van der Waals surface area contributed by atoms with Gasteiger partial charge in [-0.25, -0.2) is 4.98 Å². The van der Waals surface area contributed by atoms with Crippen LogP contribution in [0.5, 0.6) is 0 Å². The van der Waals surface area contributed by atoms with Crippen LogP contribution in [-0.4, -0.2) is 9.97 Å². The minimum Gasteiger partial charge on any atom is -0.252 e. The smallest absolute Gasteiger partial charge is 0.0894 e. The van der Waals surface area contributed by atoms with Gasteiger partial charge in [0, 0.05) is 6.20 Å². The van der Waals surface area contributed by atoms with Crippen molar-refractivity contribution >= 4 is 11.3 Å². The van der Waals surface area contributed by atoms with Gasteiger partial charge < -0.3 is 0 Å². The molecular formula is C8H5N2S. The summed E-state index contributed by atoms with van der Waals surface area (Å²) in [5.41, 5.74) is 2.74. The Hall–Kier alpha value is -1.22. The summed E-state index contributed by atoms with van der Waals surface area (Å²) in [7, 11) is 0. The summed E-state index contributed by atoms with van der Waals surface area (Å²) in [6.45, 7) is 0. The molecule has 0 N–H and O–H groups in total. The van der Waals surface area contributed by atoms with Crippen molar-refractivity contribution in [2.45, 2.75) is 0 Å². The third-order valence-electron chi connectivity index (χ3n) is 1.29. The molecule has 0 spiro atoms. The summed E-state index contributed by atoms with van der Waals surface area (Å²) in [5.74, 6) is 0. The fourth-order valence-electron chi connectivity index (χ4n) is 0.806. The number of nitrogens with zero attached hydrogens (tertiary/aromatic N) is 2. The second-order valence-corrected chi connectivity index (χ2v) is 2.90. The molecular weight excluding hydrogens is 156 g/mol. The molecule has 53 valence electrons. The maximum absolute atomic E-state index is 4.07. The lowest BCUT2D eigenvalue weighted by Crippen LogP contribution is -1.76. The highest BCUT2D eigenvalue weighted by Gasteiger charge is 1.97. The second-order valence-electron chi connectivity index (χ2n) is 2.02. The molecule has 0 atom stereocenters. The van der Waals surface area contributed by atoms with Gasteiger partial charge in [-0.1, -0.05) is 6.07 Å². The molecule has 0 bridgehead atoms. The molecule has 0 aromatic carbocycles. The van der Waals surface area contributed by atoms with Crippen molar-refractivity contribution in [1.29, 1.82) is 0 Å². The quantitative estimate of drug-likeness (QED) is 0.639. The van der Waals surface area contributed by atoms with Crippen LogP contribution in [-0.2, 0) is 0 Å². The number of thiazole rings is 1. The van der Waals surface area contributed by atoms with Gasteiger partial charge in [0.2, 0.25) is 0 Å². The second kappa shape index (κ2) is 2.80. The van der Waals surface area contributed by atoms with E-state index in [4.69, 9.17) is 0 Å². The van der Waals surface area contributed by atoms with Crippen molar-refractivity contribution in [3.05, 3.63) is 36.1 Å². The maximum atomic E-state index is 4.07. The molecule has 0 aliphatic carbocycles. The van der Waals surface area contributed by atoms with Crippen molar-refractivity contribution in [3.63, 3.8) is 0 Å². The Bertz CT molecular complexity index is 315. The van der Waals surface area contributed by atoms with E-state index < -0.39 is 0 Å². The molecule has 2 rings (SSSR count). The van der Waals surface area contributed by atoms with E-state index in [0.29, 0.717) is 0 Å². The van der Waals surface area contributed by atoms with Crippen LogP contribution in [0.25, 0.3) is 10.6 Å². The van der Waals surface area contributed by atoms with Gasteiger partial charge in [0.15, 0.2) is 0 Å². The van der Waals surface area contributed by atoms with Crippen LogP contribution in [0, 0.1) is 6.20 Å². The lowest BCUT2D eigenvalue weighted by molar-refractivity contribution is 1.31. The van der Waals surface area contributed by atoms with Gasteiger partial charge >= 0.3 is 0 Å². The van der Waals surface area contributed by atoms with Crippen LogP contribution in [0.2, 0.25) is 0 Å². The minimum absolute atomic E-state index is 0.940. The minimum atomic E-state index is 0.940. The first-order chi connectivity index (χ1) is 5.47. The molecule has 1 radical (unpaired) electrons. The molecule has 0 saturated carbocycles. The van der Waals surface area contributed by atoms with Crippen molar-refractivity contribution in [3.8, 4) is 10.6 Å². The fourth-order valence-corrected chi connectivity index (χ4v) is 1.40. The Morgan fingerprint density at radius 3 is 3.09 bits per heavy atom. The number of hydrogen-bond donors (Lipinski definition) is 0. The summed E-state index contributed by atoms with van der Waals surface area (Å²) in [6.07, 6.45) is 4.58. The third-order valence-corrected chi connectivity index (χ3v) is 2.09. The number of aromatic nitrogens is 2. The van der Waals surface area contributed by atoms with Crippen molar-refractivity contribution in [1.82, 2.24) is 9.97 Å². The molecule has 11 heavy (non-hydrogen) atoms. The van der Waals surface area contributed by atoms with Gasteiger partial charge in [-0.3, -0.25) is 4.98 Å². The lowest BCUT2D eigenvalue weighted by atomic mass is 10.3. The zero-order chi connectivity index (χ0) is 7.52. The van der Waals surface area contributed by atoms with E-state index in [9.17, 15) is 0 Å². The molecule has 0 amide bonds. The molecule has 3 heteroatoms. The van der Waals surface area contributed by atoms with Crippen molar-refractivity contribution in [2.75, 3.05) is 0 Å². The molecule has 0 saturated heterocycles. The average Bonchev–Trinajstić information content (AvgIpc) is 2.58. The first-order valence-corrected chi connectivity index (χ1v) is 4.07. The largest absolute Gasteiger partial charge is 0.252 e. The Balaban J connectivity index is 2.46. The molecule has 2 aromatic heterocycles. The molecule has 0 fully saturated rings. The summed E-state index contributed by atoms with van der Waals surface area (Å²) < 4.78 is 0. The van der Waals surface area contributed by atoms with Crippen LogP contribution in [0.4, 0.5) is 0 Å². The monoisotopic (exact) mass is 161 g/mol. The van der Waals surface area contributed by atoms with E-state index in [1.807, 2.05) is 12.1 Å². The van der Waals surface area contributed by atoms with Gasteiger partial charge in [-0.15, -0.1) is 11.3 Å². The Kier molecular flexibility index (Phi) is 1.65. The standard InChI is InChI=1S/C8H5N2S/c1-2-4-10-7(3-1)8-5-9-6-11-8/h1-3,5-6H. The van der Waals surface area contributed by atoms with Gasteiger partial charge in [0.05, 0.1) is 22.3 Å². The first kappa shape index (κ1) is 6.49. The third kappa shape index (κ3) is 1.28. The SMILES string of the molecule is [c]1cccc(-c2cncs2)n1. The van der Waals surface area contributed by atoms with Gasteiger partial charge in [-0.2, -0.15) is 0 Å². The summed E-state index contributed by atoms with van der Waals surface area (Å²) in [4.78, 5) is 9.11. The topological polar surface area (TPSA) is 25.8 Å². The number of pyridine rings is 1. The maximum Gasteiger partial charge on any atom is 0.0894 e. The first-order valence-electron chi connectivity index (χ1n) is 3.19. The van der Waals surface area contributed by atoms with Crippen molar-refractivity contribution < 1.29 is 0 Å². The Labute approximate surface area is 68.6 Å². The van der Waals surface area contributed by atoms with Crippen LogP contribution in [0.1, 0.15) is 0 Å². The molecule has 0 aliphatic heterocycles. The molecule has 2 aromatic rings. The van der Waals surface area contributed by atoms with Crippen LogP contribution >= 0.6 is 11.3 Å². The molecule has 0 aliphatic rings. The van der Waals surface area contributed by atoms with E-state index in [1.165, 1.54) is 0 Å². The van der Waals surface area contributed by atoms with E-state index in [0.717, 1.165) is 10.6 Å². The molecule has 2 heterocycles. The van der Waals surface area contributed by atoms with Crippen LogP contribution in [0.3, 0.4) is 0 Å². The molecule has 2 nitrogen and oxygen atoms in total. The van der Waals surface area contributed by atoms with Gasteiger partial charge in [-0.05, 0) is 12.1 Å². The Morgan fingerprint density at radius 1 is 1.45 bits per heavy atom. The highest BCUT2D eigenvalue weighted by Crippen LogP contribution is 2.19. The fraction of sp³-hybridized carbons (Fsp3) is 0. The zero-order valence-corrected chi connectivity index (χ0v) is 6.51. The number of rotatable bonds is 1. The van der Waals surface area contributed by atoms with E-state index in [1.54, 1.807) is 29.1 Å². The average molecular weight is 161 g/mol. The predicted molar refractivity (Wildman–Crippen MR) is 44.2 cm³/mol. The van der Waals surface area contributed by atoms with E-state index in [2.05, 4.69) is 16.2 Å². The van der Waals surface area contributed by atoms with Crippen LogP contribution in [0.15, 0.2) is 29.9 Å². The van der Waals surface area contributed by atoms with Crippen molar-refractivity contribution in [2.24, 2.45) is 0 Å². The predicted octanol–water partition coefficient (Wildman–Crippen LogP) is 2.01. The highest BCUT2D eigenvalue weighted by atomic mass is 32.1. The van der Waals surface area contributed by atoms with E-state index in [-0.39, 0.29) is 0 Å². The number of hydrogen-bond acceptors (Lipinski definition) is 3.